The Morgan fingerprint density at radius 3 is 2.68 bits per heavy atom. The van der Waals surface area contributed by atoms with Crippen LogP contribution in [-0.2, 0) is 19.1 Å². The number of carbonyl (C=O) groups is 2. The van der Waals surface area contributed by atoms with Crippen molar-refractivity contribution < 1.29 is 29.1 Å². The zero-order valence-electron chi connectivity index (χ0n) is 17.7. The van der Waals surface area contributed by atoms with E-state index in [2.05, 4.69) is 4.99 Å². The third kappa shape index (κ3) is 5.53. The lowest BCUT2D eigenvalue weighted by atomic mass is 9.75. The molecule has 0 aromatic heterocycles. The maximum atomic E-state index is 13.0. The molecule has 0 amide bonds. The van der Waals surface area contributed by atoms with Crippen LogP contribution in [0.5, 0.6) is 0 Å². The van der Waals surface area contributed by atoms with E-state index in [0.717, 1.165) is 0 Å². The van der Waals surface area contributed by atoms with E-state index in [1.165, 1.54) is 25.3 Å². The van der Waals surface area contributed by atoms with Crippen LogP contribution in [0.3, 0.4) is 0 Å². The van der Waals surface area contributed by atoms with Crippen LogP contribution in [0, 0.1) is 16.0 Å². The van der Waals surface area contributed by atoms with Gasteiger partial charge in [-0.1, -0.05) is 12.1 Å². The third-order valence-corrected chi connectivity index (χ3v) is 5.09. The molecule has 1 aliphatic rings. The van der Waals surface area contributed by atoms with Crippen molar-refractivity contribution >= 4 is 23.3 Å². The Morgan fingerprint density at radius 2 is 2.10 bits per heavy atom. The molecule has 0 radical (unpaired) electrons. The first-order valence-electron chi connectivity index (χ1n) is 9.90. The molecular weight excluding hydrogens is 406 g/mol. The molecule has 10 nitrogen and oxygen atoms in total. The molecule has 31 heavy (non-hydrogen) atoms. The summed E-state index contributed by atoms with van der Waals surface area (Å²) in [6.07, 6.45) is -0.333. The van der Waals surface area contributed by atoms with E-state index in [9.17, 15) is 24.8 Å². The molecule has 0 bridgehead atoms. The Bertz CT molecular complexity index is 910. The normalized spacial score (nSPS) is 19.5. The molecule has 0 aliphatic carbocycles. The van der Waals surface area contributed by atoms with Crippen LogP contribution in [0.1, 0.15) is 38.2 Å². The maximum absolute atomic E-state index is 13.0. The van der Waals surface area contributed by atoms with Crippen molar-refractivity contribution in [2.75, 3.05) is 20.3 Å². The first kappa shape index (κ1) is 24.2. The zero-order valence-corrected chi connectivity index (χ0v) is 17.7. The Kier molecular flexibility index (Phi) is 8.40. The van der Waals surface area contributed by atoms with Crippen molar-refractivity contribution in [1.82, 2.24) is 0 Å². The van der Waals surface area contributed by atoms with Gasteiger partial charge in [-0.3, -0.25) is 19.9 Å². The topological polar surface area (TPSA) is 154 Å². The van der Waals surface area contributed by atoms with Gasteiger partial charge >= 0.3 is 11.9 Å². The molecule has 168 valence electrons. The van der Waals surface area contributed by atoms with E-state index in [1.807, 2.05) is 0 Å². The van der Waals surface area contributed by atoms with E-state index in [4.69, 9.17) is 15.2 Å². The summed E-state index contributed by atoms with van der Waals surface area (Å²) in [4.78, 5) is 40.9. The Hall–Kier alpha value is -3.11. The lowest BCUT2D eigenvalue weighted by Gasteiger charge is -2.32. The van der Waals surface area contributed by atoms with Crippen LogP contribution in [-0.4, -0.2) is 54.0 Å². The Labute approximate surface area is 179 Å². The monoisotopic (exact) mass is 433 g/mol. The number of hydrogen-bond acceptors (Lipinski definition) is 9. The summed E-state index contributed by atoms with van der Waals surface area (Å²) < 4.78 is 10.2. The summed E-state index contributed by atoms with van der Waals surface area (Å²) in [6, 6.07) is 5.75. The van der Waals surface area contributed by atoms with Crippen molar-refractivity contribution in [2.24, 2.45) is 16.6 Å². The average Bonchev–Trinajstić information content (AvgIpc) is 2.76. The zero-order chi connectivity index (χ0) is 23.1. The lowest BCUT2D eigenvalue weighted by molar-refractivity contribution is -0.384. The summed E-state index contributed by atoms with van der Waals surface area (Å²) in [5.74, 6) is -3.16. The second kappa shape index (κ2) is 10.8. The molecule has 1 aromatic rings. The minimum Gasteiger partial charge on any atom is -0.468 e. The number of nitro groups is 1. The number of carbonyl (C=O) groups excluding carboxylic acids is 2. The third-order valence-electron chi connectivity index (χ3n) is 5.09. The number of aliphatic hydroxyl groups excluding tert-OH is 1. The maximum Gasteiger partial charge on any atom is 0.336 e. The molecule has 2 rings (SSSR count). The number of nitro benzene ring substituents is 1. The van der Waals surface area contributed by atoms with Gasteiger partial charge in [0.2, 0.25) is 0 Å². The van der Waals surface area contributed by atoms with Gasteiger partial charge in [0.05, 0.1) is 36.0 Å². The predicted molar refractivity (Wildman–Crippen MR) is 112 cm³/mol. The number of allylic oxidation sites excluding steroid dienone is 1. The van der Waals surface area contributed by atoms with Crippen LogP contribution in [0.25, 0.3) is 0 Å². The van der Waals surface area contributed by atoms with Crippen molar-refractivity contribution in [3.05, 3.63) is 51.2 Å². The molecule has 0 saturated carbocycles. The number of non-ortho nitro benzene ring substituents is 1. The number of rotatable bonds is 9. The minimum atomic E-state index is -0.963. The lowest BCUT2D eigenvalue weighted by Crippen LogP contribution is -2.36. The molecule has 3 atom stereocenters. The quantitative estimate of drug-likeness (QED) is 0.340. The Morgan fingerprint density at radius 1 is 1.39 bits per heavy atom. The fourth-order valence-electron chi connectivity index (χ4n) is 3.62. The van der Waals surface area contributed by atoms with E-state index >= 15 is 0 Å². The molecule has 0 fully saturated rings. The second-order valence-corrected chi connectivity index (χ2v) is 7.09. The van der Waals surface area contributed by atoms with Crippen molar-refractivity contribution in [3.63, 3.8) is 0 Å². The summed E-state index contributed by atoms with van der Waals surface area (Å²) in [5.41, 5.74) is 6.56. The van der Waals surface area contributed by atoms with Crippen LogP contribution in [0.4, 0.5) is 5.69 Å². The summed E-state index contributed by atoms with van der Waals surface area (Å²) in [5, 5.41) is 21.2. The highest BCUT2D eigenvalue weighted by molar-refractivity contribution is 6.07. The molecule has 10 heteroatoms. The molecule has 1 aliphatic heterocycles. The van der Waals surface area contributed by atoms with Crippen molar-refractivity contribution in [1.29, 1.82) is 0 Å². The highest BCUT2D eigenvalue weighted by Crippen LogP contribution is 2.42. The number of methoxy groups -OCH3 is 1. The van der Waals surface area contributed by atoms with Gasteiger partial charge < -0.3 is 20.3 Å². The van der Waals surface area contributed by atoms with Crippen LogP contribution >= 0.6 is 0 Å². The van der Waals surface area contributed by atoms with E-state index < -0.39 is 34.8 Å². The minimum absolute atomic E-state index is 0.0454. The largest absolute Gasteiger partial charge is 0.468 e. The molecule has 3 unspecified atom stereocenters. The smallest absolute Gasteiger partial charge is 0.336 e. The first-order valence-corrected chi connectivity index (χ1v) is 9.90. The summed E-state index contributed by atoms with van der Waals surface area (Å²) in [6.45, 7) is 3.42. The second-order valence-electron chi connectivity index (χ2n) is 7.09. The van der Waals surface area contributed by atoms with Gasteiger partial charge in [-0.2, -0.15) is 0 Å². The van der Waals surface area contributed by atoms with Crippen LogP contribution in [0.2, 0.25) is 0 Å². The average molecular weight is 433 g/mol. The van der Waals surface area contributed by atoms with Gasteiger partial charge in [0.15, 0.2) is 0 Å². The summed E-state index contributed by atoms with van der Waals surface area (Å²) >= 11 is 0. The van der Waals surface area contributed by atoms with Gasteiger partial charge in [0, 0.05) is 30.3 Å². The molecule has 1 aromatic carbocycles. The van der Waals surface area contributed by atoms with Crippen LogP contribution in [0.15, 0.2) is 40.5 Å². The number of hydrogen-bond donors (Lipinski definition) is 2. The molecule has 3 N–H and O–H groups in total. The van der Waals surface area contributed by atoms with Gasteiger partial charge in [-0.05, 0) is 32.3 Å². The predicted octanol–water partition coefficient (Wildman–Crippen LogP) is 1.86. The molecule has 0 spiro atoms. The van der Waals surface area contributed by atoms with Crippen LogP contribution < -0.4 is 5.73 Å². The number of aliphatic imine (C=N–C) groups is 1. The van der Waals surface area contributed by atoms with E-state index in [1.54, 1.807) is 19.9 Å². The summed E-state index contributed by atoms with van der Waals surface area (Å²) in [7, 11) is 1.22. The van der Waals surface area contributed by atoms with E-state index in [0.29, 0.717) is 17.0 Å². The van der Waals surface area contributed by atoms with Crippen molar-refractivity contribution in [3.8, 4) is 0 Å². The van der Waals surface area contributed by atoms with Crippen molar-refractivity contribution in [2.45, 2.75) is 38.7 Å². The van der Waals surface area contributed by atoms with E-state index in [-0.39, 0.29) is 37.3 Å². The highest BCUT2D eigenvalue weighted by Gasteiger charge is 2.43. The number of nitrogens with zero attached hydrogens (tertiary/aromatic N) is 2. The van der Waals surface area contributed by atoms with Gasteiger partial charge in [0.25, 0.3) is 5.69 Å². The standard InChI is InChI=1S/C21H27N3O7/c1-4-31-21(27)19-16(9-8-15(25)11-22)23-12(2)17(20(26)30-3)18(19)13-6-5-7-14(10-13)24(28)29/h5-7,10,15,17-18,25H,4,8-9,11,22H2,1-3H3. The molecule has 0 saturated heterocycles. The number of ether oxygens (including phenoxy) is 2. The SMILES string of the molecule is CCOC(=O)C1=C(CCC(O)CN)N=C(C)C(C(=O)OC)C1c1cccc([N+](=O)[O-])c1. The Balaban J connectivity index is 2.71. The fourth-order valence-corrected chi connectivity index (χ4v) is 3.62. The number of aliphatic hydroxyl groups is 1. The number of nitrogens with two attached hydrogens (primary N) is 1. The molecular formula is C21H27N3O7. The van der Waals surface area contributed by atoms with Gasteiger partial charge in [-0.25, -0.2) is 4.79 Å². The number of benzene rings is 1. The fraction of sp³-hybridized carbons (Fsp3) is 0.476. The highest BCUT2D eigenvalue weighted by atomic mass is 16.6. The number of esters is 2. The first-order chi connectivity index (χ1) is 14.7. The molecule has 1 heterocycles. The van der Waals surface area contributed by atoms with Gasteiger partial charge in [-0.15, -0.1) is 0 Å². The van der Waals surface area contributed by atoms with Gasteiger partial charge in [0.1, 0.15) is 5.92 Å².